The summed E-state index contributed by atoms with van der Waals surface area (Å²) in [5, 5.41) is 0. The van der Waals surface area contributed by atoms with Crippen LogP contribution in [0.2, 0.25) is 0 Å². The van der Waals surface area contributed by atoms with Crippen LogP contribution in [-0.2, 0) is 17.6 Å². The van der Waals surface area contributed by atoms with Crippen molar-refractivity contribution in [1.29, 1.82) is 0 Å². The molecule has 0 spiro atoms. The fourth-order valence-electron chi connectivity index (χ4n) is 5.18. The third-order valence-electron chi connectivity index (χ3n) is 7.40. The van der Waals surface area contributed by atoms with E-state index >= 15 is 0 Å². The van der Waals surface area contributed by atoms with Crippen molar-refractivity contribution in [3.8, 4) is 28.4 Å². The van der Waals surface area contributed by atoms with E-state index in [2.05, 4.69) is 11.9 Å². The van der Waals surface area contributed by atoms with Gasteiger partial charge in [0.25, 0.3) is 0 Å². The molecular formula is C34H37F9O4. The Morgan fingerprint density at radius 1 is 0.766 bits per heavy atom. The normalized spacial score (nSPS) is 16.3. The molecule has 0 amide bonds. The van der Waals surface area contributed by atoms with Gasteiger partial charge in [-0.15, -0.1) is 0 Å². The topological polar surface area (TPSA) is 36.9 Å². The van der Waals surface area contributed by atoms with Crippen LogP contribution in [0.1, 0.15) is 82.1 Å². The maximum Gasteiger partial charge on any atom is 0.422 e. The van der Waals surface area contributed by atoms with E-state index < -0.39 is 53.0 Å². The number of halogens is 9. The van der Waals surface area contributed by atoms with E-state index in [0.29, 0.717) is 36.2 Å². The van der Waals surface area contributed by atoms with Crippen LogP contribution < -0.4 is 14.4 Å². The SMILES string of the molecule is CCCOc1cc(C2CC[C@@H](CCC)CO2)cc(OCCC)c1-c1cc(F)c(CF)c(F)c1.FOc1cc(F)c(C(F)(F)F)c(F)c1. The molecule has 47 heavy (non-hydrogen) atoms. The maximum absolute atomic E-state index is 14.5. The van der Waals surface area contributed by atoms with Crippen molar-refractivity contribution in [2.45, 2.75) is 78.3 Å². The highest BCUT2D eigenvalue weighted by atomic mass is 19.4. The van der Waals surface area contributed by atoms with E-state index in [1.807, 2.05) is 26.0 Å². The first-order valence-corrected chi connectivity index (χ1v) is 15.3. The molecule has 0 aromatic heterocycles. The van der Waals surface area contributed by atoms with Crippen molar-refractivity contribution in [3.05, 3.63) is 76.4 Å². The lowest BCUT2D eigenvalue weighted by atomic mass is 9.90. The van der Waals surface area contributed by atoms with E-state index in [1.165, 1.54) is 0 Å². The molecule has 1 heterocycles. The molecule has 13 heteroatoms. The molecule has 4 nitrogen and oxygen atoms in total. The molecule has 1 fully saturated rings. The Balaban J connectivity index is 0.000000358. The first kappa shape index (κ1) is 37.8. The summed E-state index contributed by atoms with van der Waals surface area (Å²) in [6, 6.07) is 6.30. The quantitative estimate of drug-likeness (QED) is 0.179. The molecule has 1 aliphatic rings. The van der Waals surface area contributed by atoms with Gasteiger partial charge in [-0.2, -0.15) is 13.2 Å². The van der Waals surface area contributed by atoms with Gasteiger partial charge in [0.2, 0.25) is 0 Å². The van der Waals surface area contributed by atoms with Crippen LogP contribution in [0.5, 0.6) is 17.2 Å². The van der Waals surface area contributed by atoms with Crippen molar-refractivity contribution in [3.63, 3.8) is 0 Å². The highest BCUT2D eigenvalue weighted by Gasteiger charge is 2.38. The Kier molecular flexibility index (Phi) is 14.1. The third kappa shape index (κ3) is 9.94. The summed E-state index contributed by atoms with van der Waals surface area (Å²) in [7, 11) is 0. The van der Waals surface area contributed by atoms with Crippen molar-refractivity contribution in [2.75, 3.05) is 19.8 Å². The van der Waals surface area contributed by atoms with Gasteiger partial charge >= 0.3 is 6.18 Å². The summed E-state index contributed by atoms with van der Waals surface area (Å²) in [6.07, 6.45) is 0.606. The summed E-state index contributed by atoms with van der Waals surface area (Å²) < 4.78 is 133. The number of hydrogen-bond donors (Lipinski definition) is 0. The molecule has 3 aromatic rings. The minimum Gasteiger partial charge on any atom is -0.493 e. The molecule has 0 N–H and O–H groups in total. The van der Waals surface area contributed by atoms with Gasteiger partial charge in [-0.1, -0.05) is 27.2 Å². The van der Waals surface area contributed by atoms with Gasteiger partial charge in [0.05, 0.1) is 37.1 Å². The molecule has 0 radical (unpaired) electrons. The Morgan fingerprint density at radius 3 is 1.72 bits per heavy atom. The minimum absolute atomic E-state index is 0.0810. The number of ether oxygens (including phenoxy) is 3. The molecule has 0 saturated carbocycles. The summed E-state index contributed by atoms with van der Waals surface area (Å²) in [6.45, 7) is 6.58. The average molecular weight is 681 g/mol. The molecule has 0 aliphatic carbocycles. The van der Waals surface area contributed by atoms with Crippen molar-refractivity contribution < 1.29 is 58.8 Å². The van der Waals surface area contributed by atoms with Crippen molar-refractivity contribution in [2.24, 2.45) is 5.92 Å². The lowest BCUT2D eigenvalue weighted by Gasteiger charge is -2.30. The molecule has 260 valence electrons. The molecule has 1 saturated heterocycles. The number of hydrogen-bond acceptors (Lipinski definition) is 4. The summed E-state index contributed by atoms with van der Waals surface area (Å²) in [5.41, 5.74) is -0.966. The second-order valence-electron chi connectivity index (χ2n) is 11.0. The van der Waals surface area contributed by atoms with Gasteiger partial charge in [-0.25, -0.2) is 22.0 Å². The van der Waals surface area contributed by atoms with E-state index in [0.717, 1.165) is 62.8 Å². The molecule has 4 rings (SSSR count). The zero-order valence-electron chi connectivity index (χ0n) is 26.2. The van der Waals surface area contributed by atoms with Crippen LogP contribution >= 0.6 is 0 Å². The predicted molar refractivity (Wildman–Crippen MR) is 158 cm³/mol. The summed E-state index contributed by atoms with van der Waals surface area (Å²) in [4.78, 5) is 2.90. The molecule has 0 bridgehead atoms. The number of rotatable bonds is 12. The Labute approximate surface area is 267 Å². The molecule has 1 aliphatic heterocycles. The predicted octanol–water partition coefficient (Wildman–Crippen LogP) is 11.2. The summed E-state index contributed by atoms with van der Waals surface area (Å²) >= 11 is 0. The monoisotopic (exact) mass is 680 g/mol. The summed E-state index contributed by atoms with van der Waals surface area (Å²) in [5.74, 6) is -5.09. The van der Waals surface area contributed by atoms with E-state index in [4.69, 9.17) is 14.2 Å². The van der Waals surface area contributed by atoms with Crippen molar-refractivity contribution in [1.82, 2.24) is 0 Å². The van der Waals surface area contributed by atoms with E-state index in [-0.39, 0.29) is 23.8 Å². The lowest BCUT2D eigenvalue weighted by Crippen LogP contribution is -2.20. The van der Waals surface area contributed by atoms with Crippen LogP contribution in [0.25, 0.3) is 11.1 Å². The van der Waals surface area contributed by atoms with Crippen LogP contribution in [0.4, 0.5) is 39.6 Å². The van der Waals surface area contributed by atoms with Gasteiger partial charge in [0.1, 0.15) is 47.0 Å². The first-order chi connectivity index (χ1) is 22.4. The molecule has 3 aromatic carbocycles. The zero-order valence-corrected chi connectivity index (χ0v) is 26.2. The largest absolute Gasteiger partial charge is 0.493 e. The lowest BCUT2D eigenvalue weighted by molar-refractivity contribution is -0.142. The van der Waals surface area contributed by atoms with E-state index in [9.17, 15) is 39.6 Å². The number of alkyl halides is 4. The van der Waals surface area contributed by atoms with Gasteiger partial charge in [0.15, 0.2) is 5.75 Å². The molecular weight excluding hydrogens is 643 g/mol. The van der Waals surface area contributed by atoms with Gasteiger partial charge < -0.3 is 14.2 Å². The van der Waals surface area contributed by atoms with Crippen LogP contribution in [-0.4, -0.2) is 19.8 Å². The van der Waals surface area contributed by atoms with Gasteiger partial charge in [0, 0.05) is 16.7 Å². The Morgan fingerprint density at radius 2 is 1.32 bits per heavy atom. The second-order valence-corrected chi connectivity index (χ2v) is 11.0. The van der Waals surface area contributed by atoms with Crippen LogP contribution in [0, 0.1) is 29.2 Å². The highest BCUT2D eigenvalue weighted by molar-refractivity contribution is 5.78. The highest BCUT2D eigenvalue weighted by Crippen LogP contribution is 2.44. The van der Waals surface area contributed by atoms with Crippen LogP contribution in [0.15, 0.2) is 36.4 Å². The fraction of sp³-hybridized carbons (Fsp3) is 0.471. The molecule has 1 unspecified atom stereocenters. The van der Waals surface area contributed by atoms with Gasteiger partial charge in [-0.05, 0) is 73.4 Å². The van der Waals surface area contributed by atoms with Gasteiger partial charge in [-0.3, -0.25) is 4.94 Å². The first-order valence-electron chi connectivity index (χ1n) is 15.3. The smallest absolute Gasteiger partial charge is 0.422 e. The number of benzene rings is 3. The average Bonchev–Trinajstić information content (AvgIpc) is 3.02. The second kappa shape index (κ2) is 17.5. The van der Waals surface area contributed by atoms with Crippen LogP contribution in [0.3, 0.4) is 0 Å². The maximum atomic E-state index is 14.5. The molecule has 2 atom stereocenters. The zero-order chi connectivity index (χ0) is 34.7. The van der Waals surface area contributed by atoms with Crippen molar-refractivity contribution >= 4 is 0 Å². The fourth-order valence-corrected chi connectivity index (χ4v) is 5.18. The minimum atomic E-state index is -5.16. The third-order valence-corrected chi connectivity index (χ3v) is 7.40. The van der Waals surface area contributed by atoms with E-state index in [1.54, 1.807) is 0 Å². The standard InChI is InChI=1S/C27H35F3O3.C7H2F6O/c1-4-7-18-8-9-24(33-17-18)19-14-25(31-10-5-2)27(26(15-19)32-11-6-3)20-12-22(29)21(16-28)23(30)13-20;8-4-1-3(14-13)2-5(9)6(4)7(10,11)12/h12-15,18,24H,4-11,16-17H2,1-3H3;1-2H/t18-,24?;/m1./s1. The Bertz CT molecular complexity index is 1380. The Hall–Kier alpha value is -3.61.